The van der Waals surface area contributed by atoms with Gasteiger partial charge in [-0.05, 0) is 56.0 Å². The monoisotopic (exact) mass is 297 g/mol. The van der Waals surface area contributed by atoms with Crippen molar-refractivity contribution < 1.29 is 4.74 Å². The molecule has 1 unspecified atom stereocenters. The van der Waals surface area contributed by atoms with E-state index in [0.717, 1.165) is 37.6 Å². The van der Waals surface area contributed by atoms with Gasteiger partial charge in [-0.2, -0.15) is 0 Å². The molecule has 2 rings (SSSR count). The third-order valence-corrected chi connectivity index (χ3v) is 4.18. The van der Waals surface area contributed by atoms with Gasteiger partial charge in [0.1, 0.15) is 5.75 Å². The van der Waals surface area contributed by atoms with Gasteiger partial charge in [-0.15, -0.1) is 0 Å². The van der Waals surface area contributed by atoms with Crippen LogP contribution >= 0.6 is 15.9 Å². The van der Waals surface area contributed by atoms with Crippen LogP contribution in [0.1, 0.15) is 24.5 Å². The van der Waals surface area contributed by atoms with E-state index >= 15 is 0 Å². The summed E-state index contributed by atoms with van der Waals surface area (Å²) in [7, 11) is 1.75. The average Bonchev–Trinajstić information content (AvgIpc) is 2.81. The first kappa shape index (κ1) is 12.9. The lowest BCUT2D eigenvalue weighted by atomic mass is 9.97. The molecule has 1 aliphatic rings. The summed E-state index contributed by atoms with van der Waals surface area (Å²) in [6.45, 7) is 4.47. The Labute approximate surface area is 112 Å². The molecule has 0 aromatic heterocycles. The number of nitrogens with one attached hydrogen (secondary N) is 1. The Bertz CT molecular complexity index is 386. The van der Waals surface area contributed by atoms with Crippen molar-refractivity contribution in [3.8, 4) is 5.75 Å². The molecule has 1 fully saturated rings. The van der Waals surface area contributed by atoms with Crippen molar-refractivity contribution in [2.75, 3.05) is 20.2 Å². The standard InChI is InChI=1S/C14H20BrNO/c1-3-12-13(15)7-11(8-14(12)17-2)6-10-4-5-16-9-10/h7-8,10,16H,3-6,9H2,1-2H3. The molecule has 17 heavy (non-hydrogen) atoms. The molecule has 2 nitrogen and oxygen atoms in total. The first-order chi connectivity index (χ1) is 8.24. The summed E-state index contributed by atoms with van der Waals surface area (Å²) in [6, 6.07) is 4.45. The van der Waals surface area contributed by atoms with Crippen molar-refractivity contribution in [2.24, 2.45) is 5.92 Å². The molecular formula is C14H20BrNO. The van der Waals surface area contributed by atoms with Gasteiger partial charge in [-0.3, -0.25) is 0 Å². The van der Waals surface area contributed by atoms with Crippen molar-refractivity contribution in [3.05, 3.63) is 27.7 Å². The van der Waals surface area contributed by atoms with Gasteiger partial charge in [0.15, 0.2) is 0 Å². The average molecular weight is 298 g/mol. The summed E-state index contributed by atoms with van der Waals surface area (Å²) in [5, 5.41) is 3.42. The van der Waals surface area contributed by atoms with Crippen molar-refractivity contribution in [1.29, 1.82) is 0 Å². The lowest BCUT2D eigenvalue weighted by molar-refractivity contribution is 0.408. The molecule has 1 saturated heterocycles. The highest BCUT2D eigenvalue weighted by molar-refractivity contribution is 9.10. The van der Waals surface area contributed by atoms with E-state index < -0.39 is 0 Å². The molecule has 0 amide bonds. The fourth-order valence-electron chi connectivity index (χ4n) is 2.53. The van der Waals surface area contributed by atoms with E-state index in [1.165, 1.54) is 22.0 Å². The maximum absolute atomic E-state index is 5.48. The quantitative estimate of drug-likeness (QED) is 0.922. The van der Waals surface area contributed by atoms with Gasteiger partial charge in [0.05, 0.1) is 7.11 Å². The van der Waals surface area contributed by atoms with Crippen LogP contribution in [-0.2, 0) is 12.8 Å². The number of ether oxygens (including phenoxy) is 1. The highest BCUT2D eigenvalue weighted by Crippen LogP contribution is 2.30. The van der Waals surface area contributed by atoms with Crippen LogP contribution in [0.3, 0.4) is 0 Å². The molecule has 1 aromatic carbocycles. The molecule has 0 spiro atoms. The Hall–Kier alpha value is -0.540. The van der Waals surface area contributed by atoms with Gasteiger partial charge in [-0.25, -0.2) is 0 Å². The predicted molar refractivity (Wildman–Crippen MR) is 74.8 cm³/mol. The van der Waals surface area contributed by atoms with E-state index in [0.29, 0.717) is 0 Å². The third-order valence-electron chi connectivity index (χ3n) is 3.47. The Morgan fingerprint density at radius 1 is 1.47 bits per heavy atom. The van der Waals surface area contributed by atoms with Gasteiger partial charge < -0.3 is 10.1 Å². The molecule has 94 valence electrons. The zero-order chi connectivity index (χ0) is 12.3. The van der Waals surface area contributed by atoms with Crippen LogP contribution in [0.2, 0.25) is 0 Å². The van der Waals surface area contributed by atoms with Crippen LogP contribution in [-0.4, -0.2) is 20.2 Å². The van der Waals surface area contributed by atoms with E-state index in [1.807, 2.05) is 0 Å². The maximum atomic E-state index is 5.48. The summed E-state index contributed by atoms with van der Waals surface area (Å²) in [6.07, 6.45) is 3.43. The second-order valence-corrected chi connectivity index (χ2v) is 5.53. The number of rotatable bonds is 4. The van der Waals surface area contributed by atoms with Crippen LogP contribution in [0.4, 0.5) is 0 Å². The number of halogens is 1. The van der Waals surface area contributed by atoms with E-state index in [2.05, 4.69) is 40.3 Å². The second-order valence-electron chi connectivity index (χ2n) is 4.67. The van der Waals surface area contributed by atoms with Gasteiger partial charge in [0.25, 0.3) is 0 Å². The van der Waals surface area contributed by atoms with E-state index in [9.17, 15) is 0 Å². The SMILES string of the molecule is CCc1c(Br)cc(CC2CCNC2)cc1OC. The maximum Gasteiger partial charge on any atom is 0.123 e. The van der Waals surface area contributed by atoms with E-state index in [-0.39, 0.29) is 0 Å². The fraction of sp³-hybridized carbons (Fsp3) is 0.571. The molecule has 1 atom stereocenters. The van der Waals surface area contributed by atoms with Crippen LogP contribution in [0, 0.1) is 5.92 Å². The highest BCUT2D eigenvalue weighted by Gasteiger charge is 2.16. The summed E-state index contributed by atoms with van der Waals surface area (Å²) in [4.78, 5) is 0. The van der Waals surface area contributed by atoms with Gasteiger partial charge in [0, 0.05) is 10.0 Å². The summed E-state index contributed by atoms with van der Waals surface area (Å²) >= 11 is 3.65. The molecule has 1 N–H and O–H groups in total. The lowest BCUT2D eigenvalue weighted by Gasteiger charge is -2.14. The zero-order valence-corrected chi connectivity index (χ0v) is 12.1. The van der Waals surface area contributed by atoms with Crippen LogP contribution in [0.5, 0.6) is 5.75 Å². The minimum atomic E-state index is 0.777. The summed E-state index contributed by atoms with van der Waals surface area (Å²) in [5.41, 5.74) is 2.64. The largest absolute Gasteiger partial charge is 0.496 e. The Morgan fingerprint density at radius 3 is 2.88 bits per heavy atom. The highest BCUT2D eigenvalue weighted by atomic mass is 79.9. The van der Waals surface area contributed by atoms with Crippen molar-refractivity contribution >= 4 is 15.9 Å². The normalized spacial score (nSPS) is 19.6. The molecular weight excluding hydrogens is 278 g/mol. The van der Waals surface area contributed by atoms with Crippen molar-refractivity contribution in [2.45, 2.75) is 26.2 Å². The molecule has 0 radical (unpaired) electrons. The first-order valence-corrected chi connectivity index (χ1v) is 7.10. The minimum absolute atomic E-state index is 0.777. The third kappa shape index (κ3) is 3.02. The van der Waals surface area contributed by atoms with Crippen molar-refractivity contribution in [1.82, 2.24) is 5.32 Å². The van der Waals surface area contributed by atoms with Crippen molar-refractivity contribution in [3.63, 3.8) is 0 Å². The molecule has 3 heteroatoms. The number of hydrogen-bond acceptors (Lipinski definition) is 2. The predicted octanol–water partition coefficient (Wildman–Crippen LogP) is 3.17. The smallest absolute Gasteiger partial charge is 0.123 e. The van der Waals surface area contributed by atoms with Crippen LogP contribution in [0.15, 0.2) is 16.6 Å². The first-order valence-electron chi connectivity index (χ1n) is 6.30. The van der Waals surface area contributed by atoms with Crippen LogP contribution in [0.25, 0.3) is 0 Å². The minimum Gasteiger partial charge on any atom is -0.496 e. The number of hydrogen-bond donors (Lipinski definition) is 1. The van der Waals surface area contributed by atoms with Gasteiger partial charge in [0.2, 0.25) is 0 Å². The lowest BCUT2D eigenvalue weighted by Crippen LogP contribution is -2.11. The van der Waals surface area contributed by atoms with E-state index in [4.69, 9.17) is 4.74 Å². The molecule has 1 aliphatic heterocycles. The Kier molecular flexibility index (Phi) is 4.46. The summed E-state index contributed by atoms with van der Waals surface area (Å²) in [5.74, 6) is 1.79. The summed E-state index contributed by atoms with van der Waals surface area (Å²) < 4.78 is 6.66. The molecule has 0 aliphatic carbocycles. The number of benzene rings is 1. The Balaban J connectivity index is 2.19. The van der Waals surface area contributed by atoms with Gasteiger partial charge >= 0.3 is 0 Å². The van der Waals surface area contributed by atoms with Crippen LogP contribution < -0.4 is 10.1 Å². The topological polar surface area (TPSA) is 21.3 Å². The second kappa shape index (κ2) is 5.87. The molecule has 1 aromatic rings. The van der Waals surface area contributed by atoms with E-state index in [1.54, 1.807) is 7.11 Å². The molecule has 0 bridgehead atoms. The number of methoxy groups -OCH3 is 1. The fourth-order valence-corrected chi connectivity index (χ4v) is 3.30. The zero-order valence-electron chi connectivity index (χ0n) is 10.6. The molecule has 1 heterocycles. The molecule has 0 saturated carbocycles. The Morgan fingerprint density at radius 2 is 2.29 bits per heavy atom. The van der Waals surface area contributed by atoms with Gasteiger partial charge in [-0.1, -0.05) is 22.9 Å².